The van der Waals surface area contributed by atoms with Gasteiger partial charge in [-0.15, -0.1) is 11.8 Å². The van der Waals surface area contributed by atoms with Gasteiger partial charge in [0.2, 0.25) is 11.8 Å². The predicted molar refractivity (Wildman–Crippen MR) is 146 cm³/mol. The second kappa shape index (κ2) is 14.4. The fourth-order valence-electron chi connectivity index (χ4n) is 3.99. The smallest absolute Gasteiger partial charge is 0.243 e. The maximum Gasteiger partial charge on any atom is 0.243 e. The Bertz CT molecular complexity index is 1110. The van der Waals surface area contributed by atoms with Crippen molar-refractivity contribution in [2.75, 3.05) is 12.3 Å². The van der Waals surface area contributed by atoms with Crippen LogP contribution in [0.4, 0.5) is 4.39 Å². The van der Waals surface area contributed by atoms with Gasteiger partial charge in [0.15, 0.2) is 0 Å². The molecule has 0 aromatic heterocycles. The van der Waals surface area contributed by atoms with Crippen molar-refractivity contribution in [3.05, 3.63) is 107 Å². The van der Waals surface area contributed by atoms with Crippen LogP contribution in [-0.2, 0) is 28.3 Å². The number of carbonyl (C=O) groups excluding carboxylic acids is 2. The number of hydrogen-bond acceptors (Lipinski definition) is 3. The summed E-state index contributed by atoms with van der Waals surface area (Å²) in [6.45, 7) is 5.05. The Balaban J connectivity index is 1.82. The molecule has 0 heterocycles. The molecule has 2 amide bonds. The van der Waals surface area contributed by atoms with Gasteiger partial charge in [0.25, 0.3) is 0 Å². The molecule has 1 N–H and O–H groups in total. The zero-order chi connectivity index (χ0) is 25.8. The highest BCUT2D eigenvalue weighted by atomic mass is 32.2. The van der Waals surface area contributed by atoms with Crippen molar-refractivity contribution < 1.29 is 14.0 Å². The lowest BCUT2D eigenvalue weighted by Crippen LogP contribution is -2.51. The van der Waals surface area contributed by atoms with E-state index in [4.69, 9.17) is 0 Å². The van der Waals surface area contributed by atoms with E-state index < -0.39 is 6.04 Å². The maximum atomic E-state index is 13.6. The van der Waals surface area contributed by atoms with Crippen molar-refractivity contribution >= 4 is 23.6 Å². The number of aryl methyl sites for hydroxylation is 1. The van der Waals surface area contributed by atoms with E-state index in [9.17, 15) is 14.0 Å². The van der Waals surface area contributed by atoms with E-state index in [1.807, 2.05) is 55.5 Å². The Morgan fingerprint density at radius 1 is 0.944 bits per heavy atom. The molecule has 3 aromatic rings. The van der Waals surface area contributed by atoms with Gasteiger partial charge < -0.3 is 10.2 Å². The summed E-state index contributed by atoms with van der Waals surface area (Å²) in [5.74, 6) is 0.335. The SMILES string of the molecule is CCCCNC(=O)[C@@H](Cc1ccccc1)N(Cc1cccc(C)c1)C(=O)CSCc1ccc(F)cc1. The van der Waals surface area contributed by atoms with Gasteiger partial charge in [0.1, 0.15) is 11.9 Å². The molecule has 0 spiro atoms. The molecule has 0 unspecified atom stereocenters. The summed E-state index contributed by atoms with van der Waals surface area (Å²) < 4.78 is 13.2. The second-order valence-electron chi connectivity index (χ2n) is 8.98. The van der Waals surface area contributed by atoms with Crippen molar-refractivity contribution in [3.8, 4) is 0 Å². The van der Waals surface area contributed by atoms with Crippen LogP contribution in [0.15, 0.2) is 78.9 Å². The molecule has 0 radical (unpaired) electrons. The Morgan fingerprint density at radius 3 is 2.36 bits per heavy atom. The predicted octanol–water partition coefficient (Wildman–Crippen LogP) is 5.92. The van der Waals surface area contributed by atoms with Gasteiger partial charge in [0.05, 0.1) is 5.75 Å². The first kappa shape index (κ1) is 27.5. The normalized spacial score (nSPS) is 11.6. The zero-order valence-corrected chi connectivity index (χ0v) is 21.9. The van der Waals surface area contributed by atoms with Crippen LogP contribution in [0.3, 0.4) is 0 Å². The van der Waals surface area contributed by atoms with Crippen molar-refractivity contribution in [3.63, 3.8) is 0 Å². The Labute approximate surface area is 218 Å². The summed E-state index contributed by atoms with van der Waals surface area (Å²) in [6.07, 6.45) is 2.32. The second-order valence-corrected chi connectivity index (χ2v) is 9.97. The summed E-state index contributed by atoms with van der Waals surface area (Å²) >= 11 is 1.47. The van der Waals surface area contributed by atoms with E-state index in [0.717, 1.165) is 35.1 Å². The van der Waals surface area contributed by atoms with E-state index in [-0.39, 0.29) is 23.4 Å². The first-order valence-corrected chi connectivity index (χ1v) is 13.6. The molecule has 0 saturated carbocycles. The van der Waals surface area contributed by atoms with Crippen LogP contribution in [0.2, 0.25) is 0 Å². The highest BCUT2D eigenvalue weighted by Crippen LogP contribution is 2.19. The van der Waals surface area contributed by atoms with Crippen LogP contribution in [0, 0.1) is 12.7 Å². The minimum Gasteiger partial charge on any atom is -0.354 e. The van der Waals surface area contributed by atoms with E-state index >= 15 is 0 Å². The van der Waals surface area contributed by atoms with Gasteiger partial charge in [-0.1, -0.05) is 85.6 Å². The average Bonchev–Trinajstić information content (AvgIpc) is 2.88. The number of nitrogens with one attached hydrogen (secondary N) is 1. The van der Waals surface area contributed by atoms with Gasteiger partial charge in [-0.2, -0.15) is 0 Å². The topological polar surface area (TPSA) is 49.4 Å². The van der Waals surface area contributed by atoms with Gasteiger partial charge >= 0.3 is 0 Å². The lowest BCUT2D eigenvalue weighted by atomic mass is 10.0. The number of carbonyl (C=O) groups is 2. The number of nitrogens with zero attached hydrogens (tertiary/aromatic N) is 1. The molecule has 4 nitrogen and oxygen atoms in total. The standard InChI is InChI=1S/C30H35FN2O2S/c1-3-4-17-32-30(35)28(19-24-10-6-5-7-11-24)33(20-26-12-8-9-23(2)18-26)29(34)22-36-21-25-13-15-27(31)16-14-25/h5-16,18,28H,3-4,17,19-22H2,1-2H3,(H,32,35)/t28-/m1/s1. The quantitative estimate of drug-likeness (QED) is 0.293. The highest BCUT2D eigenvalue weighted by Gasteiger charge is 2.30. The third-order valence-electron chi connectivity index (χ3n) is 5.94. The molecule has 36 heavy (non-hydrogen) atoms. The number of thioether (sulfide) groups is 1. The lowest BCUT2D eigenvalue weighted by Gasteiger charge is -2.31. The minimum atomic E-state index is -0.622. The molecule has 0 fully saturated rings. The maximum absolute atomic E-state index is 13.6. The molecule has 0 aliphatic heterocycles. The third-order valence-corrected chi connectivity index (χ3v) is 6.93. The molecule has 0 aliphatic rings. The van der Waals surface area contributed by atoms with Gasteiger partial charge in [-0.3, -0.25) is 9.59 Å². The third kappa shape index (κ3) is 8.83. The number of hydrogen-bond donors (Lipinski definition) is 1. The van der Waals surface area contributed by atoms with Crippen LogP contribution in [-0.4, -0.2) is 35.1 Å². The number of rotatable bonds is 13. The van der Waals surface area contributed by atoms with E-state index in [0.29, 0.717) is 25.3 Å². The molecule has 1 atom stereocenters. The van der Waals surface area contributed by atoms with Crippen LogP contribution in [0.1, 0.15) is 42.0 Å². The number of halogens is 1. The van der Waals surface area contributed by atoms with E-state index in [1.165, 1.54) is 23.9 Å². The first-order valence-electron chi connectivity index (χ1n) is 12.4. The molecule has 0 saturated heterocycles. The fourth-order valence-corrected chi connectivity index (χ4v) is 4.86. The summed E-state index contributed by atoms with van der Waals surface area (Å²) in [6, 6.07) is 23.6. The first-order chi connectivity index (χ1) is 17.5. The van der Waals surface area contributed by atoms with Crippen molar-refractivity contribution in [1.82, 2.24) is 10.2 Å². The van der Waals surface area contributed by atoms with Crippen LogP contribution in [0.5, 0.6) is 0 Å². The Morgan fingerprint density at radius 2 is 1.67 bits per heavy atom. The van der Waals surface area contributed by atoms with Gasteiger partial charge in [0, 0.05) is 25.3 Å². The summed E-state index contributed by atoms with van der Waals surface area (Å²) in [7, 11) is 0. The average molecular weight is 507 g/mol. The monoisotopic (exact) mass is 506 g/mol. The molecule has 3 rings (SSSR count). The largest absolute Gasteiger partial charge is 0.354 e. The van der Waals surface area contributed by atoms with Crippen molar-refractivity contribution in [2.45, 2.75) is 51.4 Å². The molecule has 0 aliphatic carbocycles. The molecular formula is C30H35FN2O2S. The van der Waals surface area contributed by atoms with Gasteiger partial charge in [-0.25, -0.2) is 4.39 Å². The molecule has 3 aromatic carbocycles. The van der Waals surface area contributed by atoms with E-state index in [2.05, 4.69) is 18.3 Å². The molecule has 6 heteroatoms. The number of unbranched alkanes of at least 4 members (excludes halogenated alkanes) is 1. The van der Waals surface area contributed by atoms with Crippen molar-refractivity contribution in [2.24, 2.45) is 0 Å². The molecule has 190 valence electrons. The summed E-state index contributed by atoms with van der Waals surface area (Å²) in [5, 5.41) is 3.05. The zero-order valence-electron chi connectivity index (χ0n) is 21.1. The van der Waals surface area contributed by atoms with Crippen LogP contribution in [0.25, 0.3) is 0 Å². The summed E-state index contributed by atoms with van der Waals surface area (Å²) in [4.78, 5) is 28.7. The fraction of sp³-hybridized carbons (Fsp3) is 0.333. The van der Waals surface area contributed by atoms with Crippen LogP contribution >= 0.6 is 11.8 Å². The van der Waals surface area contributed by atoms with E-state index in [1.54, 1.807) is 17.0 Å². The highest BCUT2D eigenvalue weighted by molar-refractivity contribution is 7.99. The lowest BCUT2D eigenvalue weighted by molar-refractivity contribution is -0.139. The Hall–Kier alpha value is -3.12. The number of amides is 2. The Kier molecular flexibility index (Phi) is 11.0. The molecule has 0 bridgehead atoms. The van der Waals surface area contributed by atoms with Crippen molar-refractivity contribution in [1.29, 1.82) is 0 Å². The molecular weight excluding hydrogens is 471 g/mol. The van der Waals surface area contributed by atoms with Gasteiger partial charge in [-0.05, 0) is 42.2 Å². The summed E-state index contributed by atoms with van der Waals surface area (Å²) in [5.41, 5.74) is 4.07. The minimum absolute atomic E-state index is 0.0878. The number of benzene rings is 3. The van der Waals surface area contributed by atoms with Crippen LogP contribution < -0.4 is 5.32 Å².